The first-order chi connectivity index (χ1) is 7.08. The number of H-pyrrole nitrogens is 1. The lowest BCUT2D eigenvalue weighted by Crippen LogP contribution is -2.08. The van der Waals surface area contributed by atoms with E-state index in [9.17, 15) is 4.79 Å². The van der Waals surface area contributed by atoms with Crippen LogP contribution in [-0.2, 0) is 0 Å². The minimum Gasteiger partial charge on any atom is -0.322 e. The normalized spacial score (nSPS) is 11.2. The third kappa shape index (κ3) is 1.80. The molecule has 1 aromatic heterocycles. The molecule has 1 N–H and O–H groups in total. The molecule has 0 radical (unpaired) electrons. The summed E-state index contributed by atoms with van der Waals surface area (Å²) in [7, 11) is 0. The number of fused-ring (bicyclic) bond motifs is 1. The molecule has 2 rings (SSSR count). The zero-order chi connectivity index (χ0) is 11.0. The van der Waals surface area contributed by atoms with Gasteiger partial charge in [0.05, 0.1) is 0 Å². The number of nitrogens with one attached hydrogen (secondary N) is 1. The van der Waals surface area contributed by atoms with Crippen LogP contribution in [0, 0.1) is 6.92 Å². The molecule has 0 amide bonds. The van der Waals surface area contributed by atoms with Crippen LogP contribution in [0.1, 0.15) is 30.9 Å². The van der Waals surface area contributed by atoms with Gasteiger partial charge >= 0.3 is 0 Å². The molecule has 1 heterocycles. The lowest BCUT2D eigenvalue weighted by molar-refractivity contribution is 0.868. The largest absolute Gasteiger partial charge is 0.322 e. The number of aromatic amines is 1. The maximum absolute atomic E-state index is 11.5. The first-order valence-electron chi connectivity index (χ1n) is 5.21. The van der Waals surface area contributed by atoms with Crippen LogP contribution >= 0.6 is 0 Å². The standard InChI is InChI=1S/C13H15NO/c1-8(2)10-4-5-11-6-9(3)13(15)14-12(11)7-10/h4-8H,1-3H3,(H,14,15). The van der Waals surface area contributed by atoms with Gasteiger partial charge in [-0.25, -0.2) is 0 Å². The zero-order valence-corrected chi connectivity index (χ0v) is 9.29. The van der Waals surface area contributed by atoms with Crippen molar-refractivity contribution in [2.75, 3.05) is 0 Å². The van der Waals surface area contributed by atoms with Crippen LogP contribution in [0.15, 0.2) is 29.1 Å². The summed E-state index contributed by atoms with van der Waals surface area (Å²) in [6.45, 7) is 6.12. The highest BCUT2D eigenvalue weighted by molar-refractivity contribution is 5.79. The molecule has 0 aliphatic rings. The fourth-order valence-electron chi connectivity index (χ4n) is 1.69. The Morgan fingerprint density at radius 3 is 2.60 bits per heavy atom. The van der Waals surface area contributed by atoms with Crippen LogP contribution in [-0.4, -0.2) is 4.98 Å². The number of hydrogen-bond donors (Lipinski definition) is 1. The molecule has 0 saturated carbocycles. The first-order valence-corrected chi connectivity index (χ1v) is 5.21. The van der Waals surface area contributed by atoms with Gasteiger partial charge in [-0.15, -0.1) is 0 Å². The number of rotatable bonds is 1. The molecule has 0 unspecified atom stereocenters. The summed E-state index contributed by atoms with van der Waals surface area (Å²) >= 11 is 0. The second kappa shape index (κ2) is 3.54. The number of aryl methyl sites for hydroxylation is 1. The Hall–Kier alpha value is -1.57. The molecule has 0 aliphatic heterocycles. The Morgan fingerprint density at radius 2 is 1.93 bits per heavy atom. The van der Waals surface area contributed by atoms with Crippen molar-refractivity contribution in [1.82, 2.24) is 4.98 Å². The van der Waals surface area contributed by atoms with Crippen molar-refractivity contribution in [2.45, 2.75) is 26.7 Å². The van der Waals surface area contributed by atoms with E-state index in [4.69, 9.17) is 0 Å². The fraction of sp³-hybridized carbons (Fsp3) is 0.308. The number of benzene rings is 1. The second-order valence-corrected chi connectivity index (χ2v) is 4.28. The van der Waals surface area contributed by atoms with Crippen LogP contribution in [0.25, 0.3) is 10.9 Å². The average molecular weight is 201 g/mol. The zero-order valence-electron chi connectivity index (χ0n) is 9.29. The van der Waals surface area contributed by atoms with Crippen molar-refractivity contribution < 1.29 is 0 Å². The molecule has 2 heteroatoms. The first kappa shape index (κ1) is 9.97. The van der Waals surface area contributed by atoms with E-state index in [0.29, 0.717) is 5.92 Å². The van der Waals surface area contributed by atoms with Crippen molar-refractivity contribution in [3.05, 3.63) is 45.7 Å². The minimum atomic E-state index is 0.00315. The molecule has 15 heavy (non-hydrogen) atoms. The Labute approximate surface area is 89.0 Å². The number of pyridine rings is 1. The Kier molecular flexibility index (Phi) is 2.35. The summed E-state index contributed by atoms with van der Waals surface area (Å²) in [4.78, 5) is 14.4. The van der Waals surface area contributed by atoms with Crippen LogP contribution in [0.2, 0.25) is 0 Å². The molecule has 0 bridgehead atoms. The number of aromatic nitrogens is 1. The molecule has 0 aliphatic carbocycles. The summed E-state index contributed by atoms with van der Waals surface area (Å²) < 4.78 is 0. The van der Waals surface area contributed by atoms with Crippen molar-refractivity contribution >= 4 is 10.9 Å². The van der Waals surface area contributed by atoms with Crippen LogP contribution < -0.4 is 5.56 Å². The molecule has 78 valence electrons. The lowest BCUT2D eigenvalue weighted by Gasteiger charge is -2.06. The summed E-state index contributed by atoms with van der Waals surface area (Å²) in [6, 6.07) is 8.16. The second-order valence-electron chi connectivity index (χ2n) is 4.28. The summed E-state index contributed by atoms with van der Waals surface area (Å²) in [5, 5.41) is 1.09. The van der Waals surface area contributed by atoms with Gasteiger partial charge in [-0.2, -0.15) is 0 Å². The van der Waals surface area contributed by atoms with Gasteiger partial charge in [0.1, 0.15) is 0 Å². The number of hydrogen-bond acceptors (Lipinski definition) is 1. The smallest absolute Gasteiger partial charge is 0.251 e. The minimum absolute atomic E-state index is 0.00315. The van der Waals surface area contributed by atoms with Crippen LogP contribution in [0.3, 0.4) is 0 Å². The summed E-state index contributed by atoms with van der Waals surface area (Å²) in [6.07, 6.45) is 0. The molecule has 2 nitrogen and oxygen atoms in total. The molecule has 0 saturated heterocycles. The van der Waals surface area contributed by atoms with Gasteiger partial charge in [0.25, 0.3) is 5.56 Å². The van der Waals surface area contributed by atoms with E-state index in [1.54, 1.807) is 0 Å². The van der Waals surface area contributed by atoms with Crippen LogP contribution in [0.5, 0.6) is 0 Å². The van der Waals surface area contributed by atoms with Gasteiger partial charge < -0.3 is 4.98 Å². The topological polar surface area (TPSA) is 32.9 Å². The fourth-order valence-corrected chi connectivity index (χ4v) is 1.69. The molecule has 0 spiro atoms. The molecule has 2 aromatic rings. The highest BCUT2D eigenvalue weighted by Crippen LogP contribution is 2.19. The van der Waals surface area contributed by atoms with E-state index in [0.717, 1.165) is 16.5 Å². The van der Waals surface area contributed by atoms with Gasteiger partial charge in [0.15, 0.2) is 0 Å². The van der Waals surface area contributed by atoms with Crippen molar-refractivity contribution in [2.24, 2.45) is 0 Å². The van der Waals surface area contributed by atoms with E-state index >= 15 is 0 Å². The molecule has 1 aromatic carbocycles. The molecule has 0 atom stereocenters. The predicted molar refractivity (Wildman–Crippen MR) is 63.4 cm³/mol. The van der Waals surface area contributed by atoms with E-state index in [-0.39, 0.29) is 5.56 Å². The van der Waals surface area contributed by atoms with Crippen LogP contribution in [0.4, 0.5) is 0 Å². The SMILES string of the molecule is Cc1cc2ccc(C(C)C)cc2[nH]c1=O. The van der Waals surface area contributed by atoms with E-state index in [1.807, 2.05) is 13.0 Å². The molecule has 0 fully saturated rings. The van der Waals surface area contributed by atoms with Gasteiger partial charge in [0, 0.05) is 11.1 Å². The maximum Gasteiger partial charge on any atom is 0.251 e. The van der Waals surface area contributed by atoms with Crippen molar-refractivity contribution in [3.63, 3.8) is 0 Å². The third-order valence-corrected chi connectivity index (χ3v) is 2.72. The van der Waals surface area contributed by atoms with Crippen molar-refractivity contribution in [3.8, 4) is 0 Å². The summed E-state index contributed by atoms with van der Waals surface area (Å²) in [5.41, 5.74) is 2.95. The Balaban J connectivity index is 2.72. The molecular weight excluding hydrogens is 186 g/mol. The van der Waals surface area contributed by atoms with E-state index in [1.165, 1.54) is 5.56 Å². The summed E-state index contributed by atoms with van der Waals surface area (Å²) in [5.74, 6) is 0.485. The monoisotopic (exact) mass is 201 g/mol. The van der Waals surface area contributed by atoms with Crippen molar-refractivity contribution in [1.29, 1.82) is 0 Å². The quantitative estimate of drug-likeness (QED) is 0.756. The Bertz CT molecular complexity index is 552. The van der Waals surface area contributed by atoms with Gasteiger partial charge in [0.2, 0.25) is 0 Å². The predicted octanol–water partition coefficient (Wildman–Crippen LogP) is 2.96. The Morgan fingerprint density at radius 1 is 1.20 bits per heavy atom. The highest BCUT2D eigenvalue weighted by atomic mass is 16.1. The maximum atomic E-state index is 11.5. The lowest BCUT2D eigenvalue weighted by atomic mass is 10.0. The third-order valence-electron chi connectivity index (χ3n) is 2.72. The van der Waals surface area contributed by atoms with Gasteiger partial charge in [-0.05, 0) is 35.9 Å². The van der Waals surface area contributed by atoms with E-state index < -0.39 is 0 Å². The highest BCUT2D eigenvalue weighted by Gasteiger charge is 2.02. The van der Waals surface area contributed by atoms with Gasteiger partial charge in [-0.3, -0.25) is 4.79 Å². The average Bonchev–Trinajstić information content (AvgIpc) is 2.19. The van der Waals surface area contributed by atoms with Gasteiger partial charge in [-0.1, -0.05) is 26.0 Å². The molecular formula is C13H15NO. The van der Waals surface area contributed by atoms with E-state index in [2.05, 4.69) is 37.0 Å².